The number of piperidine rings is 1. The SMILES string of the molecule is CN1CCCC2(CCN(Cc3ccc(C(F)(F)F)cc3)C2)C1. The van der Waals surface area contributed by atoms with Gasteiger partial charge in [-0.15, -0.1) is 0 Å². The van der Waals surface area contributed by atoms with E-state index in [-0.39, 0.29) is 0 Å². The highest BCUT2D eigenvalue weighted by Gasteiger charge is 2.40. The molecule has 3 rings (SSSR count). The van der Waals surface area contributed by atoms with Gasteiger partial charge in [0.05, 0.1) is 5.56 Å². The first-order chi connectivity index (χ1) is 10.4. The van der Waals surface area contributed by atoms with Gasteiger partial charge in [-0.2, -0.15) is 13.2 Å². The van der Waals surface area contributed by atoms with Crippen LogP contribution in [0.25, 0.3) is 0 Å². The van der Waals surface area contributed by atoms with Crippen LogP contribution in [-0.2, 0) is 12.7 Å². The van der Waals surface area contributed by atoms with Gasteiger partial charge in [-0.3, -0.25) is 4.90 Å². The van der Waals surface area contributed by atoms with Crippen LogP contribution in [0.15, 0.2) is 24.3 Å². The number of halogens is 3. The molecule has 0 radical (unpaired) electrons. The van der Waals surface area contributed by atoms with E-state index in [4.69, 9.17) is 0 Å². The van der Waals surface area contributed by atoms with Gasteiger partial charge >= 0.3 is 6.18 Å². The molecule has 0 N–H and O–H groups in total. The van der Waals surface area contributed by atoms with Crippen LogP contribution in [-0.4, -0.2) is 43.0 Å². The zero-order valence-corrected chi connectivity index (χ0v) is 13.0. The Balaban J connectivity index is 1.60. The van der Waals surface area contributed by atoms with E-state index in [1.807, 2.05) is 0 Å². The summed E-state index contributed by atoms with van der Waals surface area (Å²) in [7, 11) is 2.18. The molecule has 0 aliphatic carbocycles. The van der Waals surface area contributed by atoms with E-state index in [0.717, 1.165) is 31.7 Å². The molecule has 2 fully saturated rings. The average Bonchev–Trinajstić information content (AvgIpc) is 2.80. The van der Waals surface area contributed by atoms with Gasteiger partial charge in [-0.25, -0.2) is 0 Å². The number of alkyl halides is 3. The lowest BCUT2D eigenvalue weighted by molar-refractivity contribution is -0.137. The molecule has 2 nitrogen and oxygen atoms in total. The Bertz CT molecular complexity index is 512. The smallest absolute Gasteiger partial charge is 0.306 e. The topological polar surface area (TPSA) is 6.48 Å². The van der Waals surface area contributed by atoms with Crippen molar-refractivity contribution < 1.29 is 13.2 Å². The second-order valence-corrected chi connectivity index (χ2v) is 7.00. The van der Waals surface area contributed by atoms with Crippen molar-refractivity contribution in [3.05, 3.63) is 35.4 Å². The van der Waals surface area contributed by atoms with Crippen molar-refractivity contribution >= 4 is 0 Å². The highest BCUT2D eigenvalue weighted by Crippen LogP contribution is 2.39. The predicted octanol–water partition coefficient (Wildman–Crippen LogP) is 3.62. The molecule has 2 aliphatic rings. The van der Waals surface area contributed by atoms with Crippen molar-refractivity contribution in [2.45, 2.75) is 32.0 Å². The van der Waals surface area contributed by atoms with Gasteiger partial charge in [0.25, 0.3) is 0 Å². The predicted molar refractivity (Wildman–Crippen MR) is 80.5 cm³/mol. The molecule has 22 heavy (non-hydrogen) atoms. The third kappa shape index (κ3) is 3.46. The number of rotatable bonds is 2. The minimum atomic E-state index is -4.25. The average molecular weight is 312 g/mol. The summed E-state index contributed by atoms with van der Waals surface area (Å²) in [6.07, 6.45) is -0.508. The molecule has 5 heteroatoms. The lowest BCUT2D eigenvalue weighted by atomic mass is 9.79. The van der Waals surface area contributed by atoms with Crippen molar-refractivity contribution in [2.24, 2.45) is 5.41 Å². The molecule has 2 aliphatic heterocycles. The lowest BCUT2D eigenvalue weighted by Crippen LogP contribution is -2.42. The third-order valence-corrected chi connectivity index (χ3v) is 5.06. The zero-order valence-electron chi connectivity index (χ0n) is 13.0. The lowest BCUT2D eigenvalue weighted by Gasteiger charge is -2.38. The van der Waals surface area contributed by atoms with Crippen LogP contribution in [0.2, 0.25) is 0 Å². The number of hydrogen-bond donors (Lipinski definition) is 0. The largest absolute Gasteiger partial charge is 0.416 e. The summed E-state index contributed by atoms with van der Waals surface area (Å²) < 4.78 is 37.8. The van der Waals surface area contributed by atoms with E-state index < -0.39 is 11.7 Å². The molecule has 0 saturated carbocycles. The fourth-order valence-corrected chi connectivity index (χ4v) is 4.01. The number of hydrogen-bond acceptors (Lipinski definition) is 2. The molecule has 2 heterocycles. The van der Waals surface area contributed by atoms with E-state index in [1.54, 1.807) is 12.1 Å². The maximum absolute atomic E-state index is 12.6. The van der Waals surface area contributed by atoms with E-state index in [2.05, 4.69) is 16.8 Å². The van der Waals surface area contributed by atoms with E-state index >= 15 is 0 Å². The highest BCUT2D eigenvalue weighted by molar-refractivity contribution is 5.24. The Kier molecular flexibility index (Phi) is 4.21. The molecule has 0 bridgehead atoms. The van der Waals surface area contributed by atoms with Gasteiger partial charge < -0.3 is 4.90 Å². The standard InChI is InChI=1S/C17H23F3N2/c1-21-9-2-7-16(12-21)8-10-22(13-16)11-14-3-5-15(6-4-14)17(18,19)20/h3-6H,2,7-13H2,1H3. The first-order valence-corrected chi connectivity index (χ1v) is 7.93. The summed E-state index contributed by atoms with van der Waals surface area (Å²) in [5.74, 6) is 0. The Morgan fingerprint density at radius 1 is 1.05 bits per heavy atom. The molecule has 0 aromatic heterocycles. The first-order valence-electron chi connectivity index (χ1n) is 7.93. The van der Waals surface area contributed by atoms with Crippen LogP contribution in [0.1, 0.15) is 30.4 Å². The summed E-state index contributed by atoms with van der Waals surface area (Å²) in [6.45, 7) is 5.20. The Morgan fingerprint density at radius 2 is 1.77 bits per heavy atom. The number of likely N-dealkylation sites (tertiary alicyclic amines) is 2. The zero-order chi connectivity index (χ0) is 15.8. The maximum atomic E-state index is 12.6. The Hall–Kier alpha value is -1.07. The van der Waals surface area contributed by atoms with Crippen molar-refractivity contribution in [2.75, 3.05) is 33.2 Å². The molecule has 1 atom stereocenters. The van der Waals surface area contributed by atoms with E-state index in [9.17, 15) is 13.2 Å². The maximum Gasteiger partial charge on any atom is 0.416 e. The Labute approximate surface area is 129 Å². The van der Waals surface area contributed by atoms with Crippen molar-refractivity contribution in [3.8, 4) is 0 Å². The molecule has 2 saturated heterocycles. The van der Waals surface area contributed by atoms with Crippen LogP contribution in [0.3, 0.4) is 0 Å². The van der Waals surface area contributed by atoms with Crippen LogP contribution in [0, 0.1) is 5.41 Å². The van der Waals surface area contributed by atoms with Crippen LogP contribution in [0.5, 0.6) is 0 Å². The van der Waals surface area contributed by atoms with Gasteiger partial charge in [-0.05, 0) is 62.5 Å². The molecule has 1 aromatic carbocycles. The van der Waals surface area contributed by atoms with Gasteiger partial charge in [0, 0.05) is 19.6 Å². The summed E-state index contributed by atoms with van der Waals surface area (Å²) in [5, 5.41) is 0. The van der Waals surface area contributed by atoms with Gasteiger partial charge in [-0.1, -0.05) is 12.1 Å². The monoisotopic (exact) mass is 312 g/mol. The second-order valence-electron chi connectivity index (χ2n) is 7.00. The van der Waals surface area contributed by atoms with Gasteiger partial charge in [0.2, 0.25) is 0 Å². The van der Waals surface area contributed by atoms with Gasteiger partial charge in [0.1, 0.15) is 0 Å². The Morgan fingerprint density at radius 3 is 2.41 bits per heavy atom. The minimum absolute atomic E-state index is 0.402. The minimum Gasteiger partial charge on any atom is -0.306 e. The molecule has 1 spiro atoms. The molecular formula is C17H23F3N2. The first kappa shape index (κ1) is 15.8. The molecule has 122 valence electrons. The van der Waals surface area contributed by atoms with Crippen molar-refractivity contribution in [3.63, 3.8) is 0 Å². The van der Waals surface area contributed by atoms with Crippen LogP contribution < -0.4 is 0 Å². The van der Waals surface area contributed by atoms with Crippen molar-refractivity contribution in [1.29, 1.82) is 0 Å². The van der Waals surface area contributed by atoms with E-state index in [0.29, 0.717) is 5.41 Å². The third-order valence-electron chi connectivity index (χ3n) is 5.06. The number of benzene rings is 1. The second kappa shape index (κ2) is 5.85. The summed E-state index contributed by atoms with van der Waals surface area (Å²) >= 11 is 0. The molecule has 1 aromatic rings. The van der Waals surface area contributed by atoms with Crippen LogP contribution >= 0.6 is 0 Å². The van der Waals surface area contributed by atoms with E-state index in [1.165, 1.54) is 37.9 Å². The van der Waals surface area contributed by atoms with Crippen molar-refractivity contribution in [1.82, 2.24) is 9.80 Å². The molecule has 0 amide bonds. The normalized spacial score (nSPS) is 27.6. The fraction of sp³-hybridized carbons (Fsp3) is 0.647. The summed E-state index contributed by atoms with van der Waals surface area (Å²) in [4.78, 5) is 4.80. The quantitative estimate of drug-likeness (QED) is 0.823. The van der Waals surface area contributed by atoms with Gasteiger partial charge in [0.15, 0.2) is 0 Å². The molecule has 1 unspecified atom stereocenters. The molecular weight excluding hydrogens is 289 g/mol. The highest BCUT2D eigenvalue weighted by atomic mass is 19.4. The van der Waals surface area contributed by atoms with Crippen LogP contribution in [0.4, 0.5) is 13.2 Å². The summed E-state index contributed by atoms with van der Waals surface area (Å²) in [6, 6.07) is 5.60. The fourth-order valence-electron chi connectivity index (χ4n) is 4.01. The number of nitrogens with zero attached hydrogens (tertiary/aromatic N) is 2. The summed E-state index contributed by atoms with van der Waals surface area (Å²) in [5.41, 5.74) is 0.802.